The molecule has 0 saturated carbocycles. The van der Waals surface area contributed by atoms with E-state index < -0.39 is 0 Å². The Labute approximate surface area is 168 Å². The Morgan fingerprint density at radius 2 is 1.90 bits per heavy atom. The molecule has 5 rings (SSSR count). The monoisotopic (exact) mass is 385 g/mol. The summed E-state index contributed by atoms with van der Waals surface area (Å²) in [6, 6.07) is 16.4. The van der Waals surface area contributed by atoms with Crippen LogP contribution in [0, 0.1) is 0 Å². The molecule has 4 aromatic rings. The molecule has 146 valence electrons. The van der Waals surface area contributed by atoms with Crippen molar-refractivity contribution in [2.24, 2.45) is 0 Å². The van der Waals surface area contributed by atoms with E-state index in [9.17, 15) is 4.79 Å². The van der Waals surface area contributed by atoms with Gasteiger partial charge in [-0.15, -0.1) is 0 Å². The average Bonchev–Trinajstić information content (AvgIpc) is 3.44. The molecule has 2 aromatic carbocycles. The summed E-state index contributed by atoms with van der Waals surface area (Å²) >= 11 is 0. The highest BCUT2D eigenvalue weighted by Gasteiger charge is 2.35. The van der Waals surface area contributed by atoms with Crippen LogP contribution in [0.15, 0.2) is 65.7 Å². The molecule has 2 N–H and O–H groups in total. The summed E-state index contributed by atoms with van der Waals surface area (Å²) in [4.78, 5) is 23.3. The number of aromatic nitrogens is 4. The molecule has 1 saturated heterocycles. The van der Waals surface area contributed by atoms with Gasteiger partial charge in [0.2, 0.25) is 0 Å². The van der Waals surface area contributed by atoms with Crippen molar-refractivity contribution in [3.63, 3.8) is 0 Å². The first-order chi connectivity index (χ1) is 14.2. The molecule has 1 aliphatic heterocycles. The number of nitrogens with zero attached hydrogens (tertiary/aromatic N) is 3. The quantitative estimate of drug-likeness (QED) is 0.563. The molecule has 1 fully saturated rings. The van der Waals surface area contributed by atoms with E-state index in [1.807, 2.05) is 30.5 Å². The van der Waals surface area contributed by atoms with Crippen molar-refractivity contribution >= 4 is 10.9 Å². The molecule has 2 aromatic heterocycles. The maximum Gasteiger partial charge on any atom is 0.258 e. The molecule has 0 bridgehead atoms. The Balaban J connectivity index is 1.57. The van der Waals surface area contributed by atoms with Crippen LogP contribution >= 0.6 is 0 Å². The molecule has 6 heteroatoms. The highest BCUT2D eigenvalue weighted by Crippen LogP contribution is 2.38. The van der Waals surface area contributed by atoms with Gasteiger partial charge in [0.05, 0.1) is 17.1 Å². The van der Waals surface area contributed by atoms with Gasteiger partial charge < -0.3 is 9.88 Å². The third-order valence-electron chi connectivity index (χ3n) is 5.98. The minimum atomic E-state index is -0.0860. The van der Waals surface area contributed by atoms with Crippen LogP contribution in [-0.2, 0) is 0 Å². The van der Waals surface area contributed by atoms with Crippen molar-refractivity contribution < 1.29 is 0 Å². The summed E-state index contributed by atoms with van der Waals surface area (Å²) in [7, 11) is 0. The van der Waals surface area contributed by atoms with Crippen LogP contribution in [0.3, 0.4) is 0 Å². The van der Waals surface area contributed by atoms with E-state index in [-0.39, 0.29) is 11.5 Å². The second-order valence-electron chi connectivity index (χ2n) is 7.65. The Hall–Kier alpha value is -3.25. The minimum Gasteiger partial charge on any atom is -0.310 e. The number of likely N-dealkylation sites (tertiary alicyclic amines) is 1. The first kappa shape index (κ1) is 17.8. The predicted octanol–water partition coefficient (Wildman–Crippen LogP) is 3.52. The Morgan fingerprint density at radius 3 is 2.66 bits per heavy atom. The van der Waals surface area contributed by atoms with Crippen molar-refractivity contribution in [1.82, 2.24) is 25.1 Å². The van der Waals surface area contributed by atoms with E-state index >= 15 is 0 Å². The van der Waals surface area contributed by atoms with Gasteiger partial charge in [-0.1, -0.05) is 43.3 Å². The highest BCUT2D eigenvalue weighted by molar-refractivity contribution is 5.83. The summed E-state index contributed by atoms with van der Waals surface area (Å²) in [5.41, 5.74) is 3.85. The molecule has 29 heavy (non-hydrogen) atoms. The van der Waals surface area contributed by atoms with Crippen LogP contribution in [-0.4, -0.2) is 44.7 Å². The van der Waals surface area contributed by atoms with Gasteiger partial charge in [0.15, 0.2) is 0 Å². The van der Waals surface area contributed by atoms with Gasteiger partial charge in [-0.25, -0.2) is 4.98 Å². The lowest BCUT2D eigenvalue weighted by Gasteiger charge is -2.18. The number of aromatic amines is 2. The number of benzene rings is 2. The van der Waals surface area contributed by atoms with Gasteiger partial charge >= 0.3 is 0 Å². The van der Waals surface area contributed by atoms with Crippen LogP contribution in [0.25, 0.3) is 22.0 Å². The van der Waals surface area contributed by atoms with E-state index in [0.717, 1.165) is 42.1 Å². The Kier molecular flexibility index (Phi) is 4.48. The Bertz CT molecular complexity index is 1180. The first-order valence-corrected chi connectivity index (χ1v) is 10.0. The van der Waals surface area contributed by atoms with Crippen LogP contribution in [0.4, 0.5) is 0 Å². The molecule has 2 atom stereocenters. The summed E-state index contributed by atoms with van der Waals surface area (Å²) in [5, 5.41) is 7.41. The molecular formula is C23H23N5O. The fourth-order valence-corrected chi connectivity index (χ4v) is 4.38. The molecule has 0 spiro atoms. The molecule has 2 unspecified atom stereocenters. The zero-order chi connectivity index (χ0) is 19.8. The number of likely N-dealkylation sites (N-methyl/N-ethyl adjacent to an activating group) is 1. The zero-order valence-corrected chi connectivity index (χ0v) is 16.3. The number of hydrogen-bond acceptors (Lipinski definition) is 4. The number of hydrogen-bond donors (Lipinski definition) is 2. The summed E-state index contributed by atoms with van der Waals surface area (Å²) in [5.74, 6) is 1.27. The smallest absolute Gasteiger partial charge is 0.258 e. The van der Waals surface area contributed by atoms with Crippen molar-refractivity contribution in [3.8, 4) is 11.1 Å². The fraction of sp³-hybridized carbons (Fsp3) is 0.261. The van der Waals surface area contributed by atoms with Gasteiger partial charge in [0.1, 0.15) is 5.82 Å². The summed E-state index contributed by atoms with van der Waals surface area (Å²) in [6.07, 6.45) is 3.57. The van der Waals surface area contributed by atoms with Gasteiger partial charge in [-0.3, -0.25) is 9.89 Å². The lowest BCUT2D eigenvalue weighted by molar-refractivity contribution is 0.349. The summed E-state index contributed by atoms with van der Waals surface area (Å²) in [6.45, 7) is 5.05. The zero-order valence-electron chi connectivity index (χ0n) is 16.3. The third-order valence-corrected chi connectivity index (χ3v) is 5.98. The predicted molar refractivity (Wildman–Crippen MR) is 114 cm³/mol. The fourth-order valence-electron chi connectivity index (χ4n) is 4.38. The maximum absolute atomic E-state index is 12.9. The third kappa shape index (κ3) is 3.25. The number of nitrogens with one attached hydrogen (secondary N) is 2. The molecule has 0 amide bonds. The maximum atomic E-state index is 12.9. The average molecular weight is 385 g/mol. The van der Waals surface area contributed by atoms with Crippen molar-refractivity contribution in [3.05, 3.63) is 82.7 Å². The second kappa shape index (κ2) is 7.29. The number of fused-ring (bicyclic) bond motifs is 1. The molecule has 6 nitrogen and oxygen atoms in total. The second-order valence-corrected chi connectivity index (χ2v) is 7.65. The topological polar surface area (TPSA) is 77.7 Å². The lowest BCUT2D eigenvalue weighted by Crippen LogP contribution is -2.21. The van der Waals surface area contributed by atoms with Crippen LogP contribution in [0.2, 0.25) is 0 Å². The molecule has 1 aliphatic rings. The molecule has 0 aliphatic carbocycles. The lowest BCUT2D eigenvalue weighted by atomic mass is 9.88. The van der Waals surface area contributed by atoms with Gasteiger partial charge in [0, 0.05) is 36.7 Å². The van der Waals surface area contributed by atoms with Crippen LogP contribution < -0.4 is 5.56 Å². The van der Waals surface area contributed by atoms with E-state index in [1.165, 1.54) is 5.56 Å². The molecule has 0 radical (unpaired) electrons. The van der Waals surface area contributed by atoms with Gasteiger partial charge in [-0.05, 0) is 29.8 Å². The van der Waals surface area contributed by atoms with E-state index in [4.69, 9.17) is 4.98 Å². The SMILES string of the molecule is CCN1CC(c2ccccc2)C(c2nc3ccc(-c4cn[nH]c4)cc3c(=O)[nH]2)C1. The van der Waals surface area contributed by atoms with Crippen LogP contribution in [0.5, 0.6) is 0 Å². The van der Waals surface area contributed by atoms with Crippen molar-refractivity contribution in [1.29, 1.82) is 0 Å². The van der Waals surface area contributed by atoms with Crippen molar-refractivity contribution in [2.45, 2.75) is 18.8 Å². The normalized spacial score (nSPS) is 19.8. The highest BCUT2D eigenvalue weighted by atomic mass is 16.1. The molecule has 3 heterocycles. The van der Waals surface area contributed by atoms with E-state index in [0.29, 0.717) is 11.3 Å². The first-order valence-electron chi connectivity index (χ1n) is 10.0. The standard InChI is InChI=1S/C23H23N5O/c1-2-28-13-19(15-6-4-3-5-7-15)20(14-28)22-26-21-9-8-16(17-11-24-25-12-17)10-18(21)23(29)27-22/h3-12,19-20H,2,13-14H2,1H3,(H,24,25)(H,26,27,29). The number of H-pyrrole nitrogens is 2. The molecular weight excluding hydrogens is 362 g/mol. The van der Waals surface area contributed by atoms with Gasteiger partial charge in [0.25, 0.3) is 5.56 Å². The van der Waals surface area contributed by atoms with E-state index in [2.05, 4.69) is 51.3 Å². The summed E-state index contributed by atoms with van der Waals surface area (Å²) < 4.78 is 0. The largest absolute Gasteiger partial charge is 0.310 e. The van der Waals surface area contributed by atoms with Crippen LogP contribution in [0.1, 0.15) is 30.1 Å². The Morgan fingerprint density at radius 1 is 1.07 bits per heavy atom. The van der Waals surface area contributed by atoms with E-state index in [1.54, 1.807) is 6.20 Å². The number of rotatable bonds is 4. The van der Waals surface area contributed by atoms with Crippen molar-refractivity contribution in [2.75, 3.05) is 19.6 Å². The minimum absolute atomic E-state index is 0.0860. The van der Waals surface area contributed by atoms with Gasteiger partial charge in [-0.2, -0.15) is 5.10 Å².